The summed E-state index contributed by atoms with van der Waals surface area (Å²) < 4.78 is 0. The Morgan fingerprint density at radius 2 is 2.50 bits per heavy atom. The number of rotatable bonds is 1. The predicted octanol–water partition coefficient (Wildman–Crippen LogP) is 2.10. The number of fused-ring (bicyclic) bond motifs is 1. The molecule has 0 spiro atoms. The molecule has 0 bridgehead atoms. The topological polar surface area (TPSA) is 12.5 Å². The minimum absolute atomic E-state index is 0.712. The summed E-state index contributed by atoms with van der Waals surface area (Å²) in [5.41, 5.74) is 1.37. The Labute approximate surface area is 73.5 Å². The number of hydrogen-bond donors (Lipinski definition) is 0. The molecule has 1 saturated heterocycles. The van der Waals surface area contributed by atoms with Crippen LogP contribution in [0.1, 0.15) is 19.3 Å². The van der Waals surface area contributed by atoms with Gasteiger partial charge in [0, 0.05) is 18.2 Å². The van der Waals surface area contributed by atoms with Crippen molar-refractivity contribution in [3.8, 4) is 0 Å². The summed E-state index contributed by atoms with van der Waals surface area (Å²) in [7, 11) is 1.75. The van der Waals surface area contributed by atoms with Gasteiger partial charge in [-0.25, -0.2) is 0 Å². The molecule has 0 radical (unpaired) electrons. The largest absolute Gasteiger partial charge is 0.277 e. The Kier molecular flexibility index (Phi) is 2.17. The molecule has 1 fully saturated rings. The van der Waals surface area contributed by atoms with Crippen LogP contribution in [0.2, 0.25) is 0 Å². The Hall–Kier alpha value is -0.760. The van der Waals surface area contributed by atoms with E-state index >= 15 is 0 Å². The Bertz CT molecular complexity index is 220. The average Bonchev–Trinajstić information content (AvgIpc) is 2.17. The van der Waals surface area contributed by atoms with Gasteiger partial charge in [0.2, 0.25) is 0 Å². The van der Waals surface area contributed by atoms with E-state index in [-0.39, 0.29) is 0 Å². The Balaban J connectivity index is 2.17. The van der Waals surface area contributed by atoms with Gasteiger partial charge in [-0.2, -0.15) is 0 Å². The number of hydrogen-bond acceptors (Lipinski definition) is 2. The number of allylic oxidation sites excluding steroid dienone is 4. The highest BCUT2D eigenvalue weighted by Gasteiger charge is 2.24. The van der Waals surface area contributed by atoms with Gasteiger partial charge in [-0.15, -0.1) is 0 Å². The third kappa shape index (κ3) is 1.27. The molecule has 2 heteroatoms. The summed E-state index contributed by atoms with van der Waals surface area (Å²) in [5, 5.41) is 2.03. The summed E-state index contributed by atoms with van der Waals surface area (Å²) >= 11 is 0. The normalized spacial score (nSPS) is 28.2. The van der Waals surface area contributed by atoms with Crippen LogP contribution < -0.4 is 0 Å². The number of nitrogens with zero attached hydrogens (tertiary/aromatic N) is 1. The van der Waals surface area contributed by atoms with Crippen LogP contribution in [0.25, 0.3) is 0 Å². The maximum atomic E-state index is 5.29. The van der Waals surface area contributed by atoms with E-state index in [2.05, 4.69) is 18.2 Å². The van der Waals surface area contributed by atoms with Crippen LogP contribution in [0, 0.1) is 5.92 Å². The predicted molar refractivity (Wildman–Crippen MR) is 48.3 cm³/mol. The van der Waals surface area contributed by atoms with Crippen molar-refractivity contribution in [1.29, 1.82) is 0 Å². The zero-order valence-electron chi connectivity index (χ0n) is 7.49. The first-order chi connectivity index (χ1) is 5.92. The molecule has 0 saturated carbocycles. The van der Waals surface area contributed by atoms with Crippen molar-refractivity contribution in [2.75, 3.05) is 13.7 Å². The first-order valence-corrected chi connectivity index (χ1v) is 4.60. The highest BCUT2D eigenvalue weighted by atomic mass is 16.7. The van der Waals surface area contributed by atoms with Crippen molar-refractivity contribution >= 4 is 0 Å². The fourth-order valence-corrected chi connectivity index (χ4v) is 2.03. The molecule has 66 valence electrons. The molecule has 2 aliphatic rings. The molecule has 12 heavy (non-hydrogen) atoms. The molecule has 1 aliphatic carbocycles. The van der Waals surface area contributed by atoms with E-state index in [1.807, 2.05) is 5.06 Å². The summed E-state index contributed by atoms with van der Waals surface area (Å²) in [5.74, 6) is 0.712. The zero-order valence-corrected chi connectivity index (χ0v) is 7.49. The Morgan fingerprint density at radius 3 is 3.33 bits per heavy atom. The minimum atomic E-state index is 0.712. The molecule has 0 aromatic heterocycles. The van der Waals surface area contributed by atoms with Crippen LogP contribution >= 0.6 is 0 Å². The van der Waals surface area contributed by atoms with Gasteiger partial charge in [0.25, 0.3) is 0 Å². The number of hydroxylamine groups is 2. The molecule has 0 N–H and O–H groups in total. The average molecular weight is 165 g/mol. The van der Waals surface area contributed by atoms with E-state index in [9.17, 15) is 0 Å². The van der Waals surface area contributed by atoms with Crippen LogP contribution in [0.4, 0.5) is 0 Å². The van der Waals surface area contributed by atoms with Gasteiger partial charge in [-0.1, -0.05) is 12.2 Å². The van der Waals surface area contributed by atoms with E-state index in [0.29, 0.717) is 5.92 Å². The minimum Gasteiger partial charge on any atom is -0.277 e. The van der Waals surface area contributed by atoms with Crippen molar-refractivity contribution in [1.82, 2.24) is 5.06 Å². The van der Waals surface area contributed by atoms with E-state index in [1.165, 1.54) is 25.0 Å². The molecule has 2 nitrogen and oxygen atoms in total. The van der Waals surface area contributed by atoms with Crippen LogP contribution in [0.15, 0.2) is 23.9 Å². The SMILES string of the molecule is CON1CCCC2CC=CC=C21. The van der Waals surface area contributed by atoms with Gasteiger partial charge in [0.15, 0.2) is 0 Å². The highest BCUT2D eigenvalue weighted by Crippen LogP contribution is 2.31. The molecular weight excluding hydrogens is 150 g/mol. The molecular formula is C10H15NO. The fourth-order valence-electron chi connectivity index (χ4n) is 2.03. The zero-order chi connectivity index (χ0) is 8.39. The van der Waals surface area contributed by atoms with E-state index in [4.69, 9.17) is 4.84 Å². The molecule has 1 heterocycles. The maximum Gasteiger partial charge on any atom is 0.0638 e. The quantitative estimate of drug-likeness (QED) is 0.590. The van der Waals surface area contributed by atoms with Gasteiger partial charge in [0.05, 0.1) is 7.11 Å². The lowest BCUT2D eigenvalue weighted by atomic mass is 9.89. The van der Waals surface area contributed by atoms with Crippen molar-refractivity contribution in [2.45, 2.75) is 19.3 Å². The lowest BCUT2D eigenvalue weighted by Crippen LogP contribution is -2.32. The van der Waals surface area contributed by atoms with Crippen molar-refractivity contribution in [2.24, 2.45) is 5.92 Å². The van der Waals surface area contributed by atoms with Crippen LogP contribution in [-0.2, 0) is 4.84 Å². The second-order valence-corrected chi connectivity index (χ2v) is 3.38. The fraction of sp³-hybridized carbons (Fsp3) is 0.600. The summed E-state index contributed by atoms with van der Waals surface area (Å²) in [4.78, 5) is 5.29. The summed E-state index contributed by atoms with van der Waals surface area (Å²) in [6.07, 6.45) is 10.3. The molecule has 0 amide bonds. The van der Waals surface area contributed by atoms with E-state index < -0.39 is 0 Å². The summed E-state index contributed by atoms with van der Waals surface area (Å²) in [6.45, 7) is 1.05. The Morgan fingerprint density at radius 1 is 1.58 bits per heavy atom. The third-order valence-electron chi connectivity index (χ3n) is 2.66. The van der Waals surface area contributed by atoms with Crippen LogP contribution in [0.3, 0.4) is 0 Å². The van der Waals surface area contributed by atoms with Crippen molar-refractivity contribution < 1.29 is 4.84 Å². The van der Waals surface area contributed by atoms with Crippen molar-refractivity contribution in [3.05, 3.63) is 23.9 Å². The third-order valence-corrected chi connectivity index (χ3v) is 2.66. The van der Waals surface area contributed by atoms with Gasteiger partial charge in [-0.05, 0) is 25.3 Å². The molecule has 1 unspecified atom stereocenters. The van der Waals surface area contributed by atoms with Crippen LogP contribution in [0.5, 0.6) is 0 Å². The van der Waals surface area contributed by atoms with Gasteiger partial charge in [0.1, 0.15) is 0 Å². The number of piperidine rings is 1. The van der Waals surface area contributed by atoms with Gasteiger partial charge < -0.3 is 0 Å². The van der Waals surface area contributed by atoms with Crippen molar-refractivity contribution in [3.63, 3.8) is 0 Å². The van der Waals surface area contributed by atoms with E-state index in [0.717, 1.165) is 6.54 Å². The first-order valence-electron chi connectivity index (χ1n) is 4.60. The second-order valence-electron chi connectivity index (χ2n) is 3.38. The molecule has 0 aromatic rings. The standard InChI is InChI=1S/C10H15NO/c1-12-11-8-4-6-9-5-2-3-7-10(9)11/h2-3,7,9H,4-6,8H2,1H3. The lowest BCUT2D eigenvalue weighted by Gasteiger charge is -2.35. The highest BCUT2D eigenvalue weighted by molar-refractivity contribution is 5.20. The molecule has 2 rings (SSSR count). The molecule has 1 aliphatic heterocycles. The maximum absolute atomic E-state index is 5.29. The van der Waals surface area contributed by atoms with Gasteiger partial charge in [-0.3, -0.25) is 9.90 Å². The first kappa shape index (κ1) is 7.87. The monoisotopic (exact) mass is 165 g/mol. The lowest BCUT2D eigenvalue weighted by molar-refractivity contribution is -0.119. The van der Waals surface area contributed by atoms with Gasteiger partial charge >= 0.3 is 0 Å². The van der Waals surface area contributed by atoms with E-state index in [1.54, 1.807) is 7.11 Å². The second kappa shape index (κ2) is 3.31. The molecule has 0 aromatic carbocycles. The molecule has 1 atom stereocenters. The smallest absolute Gasteiger partial charge is 0.0638 e. The summed E-state index contributed by atoms with van der Waals surface area (Å²) in [6, 6.07) is 0. The van der Waals surface area contributed by atoms with Crippen LogP contribution in [-0.4, -0.2) is 18.7 Å².